The first kappa shape index (κ1) is 25.9. The quantitative estimate of drug-likeness (QED) is 0.150. The Morgan fingerprint density at radius 2 is 1.85 bits per heavy atom. The zero-order chi connectivity index (χ0) is 24.3. The van der Waals surface area contributed by atoms with Crippen molar-refractivity contribution in [3.63, 3.8) is 0 Å². The zero-order valence-corrected chi connectivity index (χ0v) is 17.4. The fraction of sp³-hybridized carbons (Fsp3) is 0.778. The van der Waals surface area contributed by atoms with Gasteiger partial charge in [-0.25, -0.2) is 4.98 Å². The highest BCUT2D eigenvalue weighted by Crippen LogP contribution is 2.36. The molecule has 0 aromatic carbocycles. The van der Waals surface area contributed by atoms with Gasteiger partial charge in [-0.2, -0.15) is 0 Å². The molecule has 0 radical (unpaired) electrons. The number of nitrogens with two attached hydrogens (primary N) is 1. The smallest absolute Gasteiger partial charge is 0.323 e. The van der Waals surface area contributed by atoms with Gasteiger partial charge >= 0.3 is 5.97 Å². The van der Waals surface area contributed by atoms with E-state index in [9.17, 15) is 40.5 Å². The summed E-state index contributed by atoms with van der Waals surface area (Å²) in [4.78, 5) is 19.1. The maximum Gasteiger partial charge on any atom is 0.323 e. The van der Waals surface area contributed by atoms with Crippen LogP contribution in [0.1, 0.15) is 5.69 Å². The van der Waals surface area contributed by atoms with Gasteiger partial charge in [-0.3, -0.25) is 4.79 Å². The van der Waals surface area contributed by atoms with Gasteiger partial charge in [-0.15, -0.1) is 0 Å². The second kappa shape index (κ2) is 10.7. The van der Waals surface area contributed by atoms with E-state index in [1.807, 2.05) is 0 Å². The van der Waals surface area contributed by atoms with Crippen LogP contribution in [-0.4, -0.2) is 132 Å². The minimum atomic E-state index is -2.35. The number of carbonyl (C=O) groups excluding carboxylic acids is 1. The monoisotopic (exact) mass is 479 g/mol. The fourth-order valence-electron chi connectivity index (χ4n) is 3.68. The van der Waals surface area contributed by atoms with Crippen LogP contribution >= 0.6 is 0 Å². The predicted molar refractivity (Wildman–Crippen MR) is 103 cm³/mol. The van der Waals surface area contributed by atoms with Gasteiger partial charge in [0.25, 0.3) is 0 Å². The van der Waals surface area contributed by atoms with Gasteiger partial charge < -0.3 is 65.4 Å². The third-order valence-electron chi connectivity index (χ3n) is 5.60. The summed E-state index contributed by atoms with van der Waals surface area (Å²) in [6, 6.07) is -1.22. The number of rotatable bonds is 9. The number of aliphatic hydroxyl groups excluding tert-OH is 7. The molecule has 10 unspecified atom stereocenters. The number of imidazole rings is 1. The van der Waals surface area contributed by atoms with E-state index in [0.29, 0.717) is 5.69 Å². The number of aromatic amines is 1. The van der Waals surface area contributed by atoms with E-state index in [-0.39, 0.29) is 6.42 Å². The summed E-state index contributed by atoms with van der Waals surface area (Å²) in [5.41, 5.74) is 6.37. The van der Waals surface area contributed by atoms with Gasteiger partial charge in [0.2, 0.25) is 12.1 Å². The van der Waals surface area contributed by atoms with Crippen molar-refractivity contribution in [3.8, 4) is 0 Å². The number of nitrogens with zero attached hydrogens (tertiary/aromatic N) is 1. The van der Waals surface area contributed by atoms with E-state index >= 15 is 0 Å². The molecule has 1 aromatic rings. The third-order valence-corrected chi connectivity index (χ3v) is 5.60. The average molecular weight is 479 g/mol. The normalized spacial score (nSPS) is 40.0. The second-order valence-electron chi connectivity index (χ2n) is 7.86. The molecule has 2 aliphatic heterocycles. The Labute approximate surface area is 187 Å². The molecule has 0 bridgehead atoms. The largest absolute Gasteiger partial charge is 0.453 e. The number of hydrogen-bond acceptors (Lipinski definition) is 14. The SMILES string of the molecule is NC(Cc1cnc[nH]1)C(=O)OC1C(OC2(CO)OC(CO)C(O)C2O)OC(CO)C(O)C1O. The van der Waals surface area contributed by atoms with E-state index in [4.69, 9.17) is 24.7 Å². The van der Waals surface area contributed by atoms with Crippen LogP contribution in [0.5, 0.6) is 0 Å². The molecule has 10 N–H and O–H groups in total. The van der Waals surface area contributed by atoms with Crippen molar-refractivity contribution in [1.82, 2.24) is 9.97 Å². The van der Waals surface area contributed by atoms with Crippen molar-refractivity contribution in [3.05, 3.63) is 18.2 Å². The van der Waals surface area contributed by atoms with E-state index in [1.54, 1.807) is 0 Å². The number of H-pyrrole nitrogens is 1. The average Bonchev–Trinajstić information content (AvgIpc) is 3.40. The Morgan fingerprint density at radius 1 is 1.15 bits per heavy atom. The van der Waals surface area contributed by atoms with Crippen LogP contribution in [0, 0.1) is 0 Å². The van der Waals surface area contributed by atoms with Crippen LogP contribution in [0.2, 0.25) is 0 Å². The first-order valence-corrected chi connectivity index (χ1v) is 10.2. The van der Waals surface area contributed by atoms with Crippen molar-refractivity contribution in [2.75, 3.05) is 19.8 Å². The maximum atomic E-state index is 12.5. The van der Waals surface area contributed by atoms with Crippen molar-refractivity contribution in [1.29, 1.82) is 0 Å². The number of nitrogens with one attached hydrogen (secondary N) is 1. The minimum absolute atomic E-state index is 0.00260. The molecule has 188 valence electrons. The molecule has 3 rings (SSSR count). The molecule has 2 saturated heterocycles. The number of carbonyl (C=O) groups is 1. The Morgan fingerprint density at radius 3 is 2.39 bits per heavy atom. The zero-order valence-electron chi connectivity index (χ0n) is 17.4. The van der Waals surface area contributed by atoms with Crippen molar-refractivity contribution >= 4 is 5.97 Å². The van der Waals surface area contributed by atoms with Gasteiger partial charge in [0.15, 0.2) is 6.10 Å². The summed E-state index contributed by atoms with van der Waals surface area (Å²) in [6.45, 7) is -2.53. The Bertz CT molecular complexity index is 769. The summed E-state index contributed by atoms with van der Waals surface area (Å²) < 4.78 is 21.4. The van der Waals surface area contributed by atoms with E-state index < -0.39 is 86.6 Å². The highest BCUT2D eigenvalue weighted by atomic mass is 16.8. The summed E-state index contributed by atoms with van der Waals surface area (Å²) in [6.07, 6.45) is -10.5. The minimum Gasteiger partial charge on any atom is -0.453 e. The molecule has 33 heavy (non-hydrogen) atoms. The van der Waals surface area contributed by atoms with Crippen LogP contribution in [0.15, 0.2) is 12.5 Å². The first-order valence-electron chi connectivity index (χ1n) is 10.2. The lowest BCUT2D eigenvalue weighted by Crippen LogP contribution is -2.64. The molecule has 0 spiro atoms. The van der Waals surface area contributed by atoms with Crippen LogP contribution in [0.4, 0.5) is 0 Å². The number of aliphatic hydroxyl groups is 7. The van der Waals surface area contributed by atoms with Gasteiger partial charge in [-0.05, 0) is 0 Å². The summed E-state index contributed by atoms with van der Waals surface area (Å²) in [5.74, 6) is -3.36. The van der Waals surface area contributed by atoms with Crippen LogP contribution < -0.4 is 5.73 Å². The third kappa shape index (κ3) is 5.18. The fourth-order valence-corrected chi connectivity index (χ4v) is 3.68. The second-order valence-corrected chi connectivity index (χ2v) is 7.86. The molecule has 15 nitrogen and oxygen atoms in total. The van der Waals surface area contributed by atoms with Gasteiger partial charge in [0, 0.05) is 18.3 Å². The molecule has 1 aromatic heterocycles. The highest BCUT2D eigenvalue weighted by molar-refractivity contribution is 5.76. The molecule has 15 heteroatoms. The summed E-state index contributed by atoms with van der Waals surface area (Å²) >= 11 is 0. The molecular formula is C18H29N3O12. The topological polar surface area (TPSA) is 250 Å². The molecular weight excluding hydrogens is 450 g/mol. The van der Waals surface area contributed by atoms with Crippen molar-refractivity contribution < 1.29 is 59.5 Å². The van der Waals surface area contributed by atoms with Crippen LogP contribution in [0.3, 0.4) is 0 Å². The summed E-state index contributed by atoms with van der Waals surface area (Å²) in [7, 11) is 0. The van der Waals surface area contributed by atoms with E-state index in [1.165, 1.54) is 12.5 Å². The first-order chi connectivity index (χ1) is 15.7. The molecule has 3 heterocycles. The molecule has 2 fully saturated rings. The molecule has 0 amide bonds. The molecule has 2 aliphatic rings. The predicted octanol–water partition coefficient (Wildman–Crippen LogP) is -5.55. The van der Waals surface area contributed by atoms with Gasteiger partial charge in [0.1, 0.15) is 49.3 Å². The van der Waals surface area contributed by atoms with E-state index in [0.717, 1.165) is 0 Å². The number of aromatic nitrogens is 2. The van der Waals surface area contributed by atoms with Crippen molar-refractivity contribution in [2.45, 2.75) is 67.3 Å². The Hall–Kier alpha value is -1.76. The lowest BCUT2D eigenvalue weighted by molar-refractivity contribution is -0.384. The molecule has 0 saturated carbocycles. The Balaban J connectivity index is 1.80. The maximum absolute atomic E-state index is 12.5. The number of hydrogen-bond donors (Lipinski definition) is 9. The number of ether oxygens (including phenoxy) is 4. The van der Waals surface area contributed by atoms with Crippen LogP contribution in [0.25, 0.3) is 0 Å². The lowest BCUT2D eigenvalue weighted by atomic mass is 9.98. The molecule has 0 aliphatic carbocycles. The number of esters is 1. The summed E-state index contributed by atoms with van der Waals surface area (Å²) in [5, 5.41) is 69.8. The van der Waals surface area contributed by atoms with Gasteiger partial charge in [-0.1, -0.05) is 0 Å². The van der Waals surface area contributed by atoms with Crippen molar-refractivity contribution in [2.24, 2.45) is 5.73 Å². The highest BCUT2D eigenvalue weighted by Gasteiger charge is 2.59. The van der Waals surface area contributed by atoms with Gasteiger partial charge in [0.05, 0.1) is 19.5 Å². The standard InChI is InChI=1S/C18H29N3O12/c19-8(1-7-2-20-6-21-7)16(29)31-14-13(27)11(25)9(3-22)30-17(14)33-18(5-24)15(28)12(26)10(4-23)32-18/h2,6,8-15,17,22-28H,1,3-5,19H2,(H,20,21). The Kier molecular flexibility index (Phi) is 8.35. The van der Waals surface area contributed by atoms with E-state index in [2.05, 4.69) is 9.97 Å². The van der Waals surface area contributed by atoms with Crippen LogP contribution in [-0.2, 0) is 30.2 Å². The molecule has 10 atom stereocenters. The lowest BCUT2D eigenvalue weighted by Gasteiger charge is -2.44.